The van der Waals surface area contributed by atoms with Gasteiger partial charge in [-0.2, -0.15) is 0 Å². The smallest absolute Gasteiger partial charge is 0.344 e. The minimum absolute atomic E-state index is 0.289. The van der Waals surface area contributed by atoms with Crippen LogP contribution in [0.2, 0.25) is 0 Å². The average Bonchev–Trinajstić information content (AvgIpc) is 4.25. The summed E-state index contributed by atoms with van der Waals surface area (Å²) >= 11 is 0. The Morgan fingerprint density at radius 3 is 0.886 bits per heavy atom. The summed E-state index contributed by atoms with van der Waals surface area (Å²) in [5.41, 5.74) is 14.0. The van der Waals surface area contributed by atoms with Crippen LogP contribution in [-0.2, 0) is 20.5 Å². The number of aliphatic carboxylic acids is 1. The van der Waals surface area contributed by atoms with Crippen molar-refractivity contribution in [3.8, 4) is 0 Å². The zero-order valence-corrected chi connectivity index (χ0v) is 35.7. The summed E-state index contributed by atoms with van der Waals surface area (Å²) in [5, 5.41) is 93.5. The molecule has 24 aromatic carbocycles. The highest BCUT2D eigenvalue weighted by molar-refractivity contribution is 6.78. The number of hydrogen-bond donors (Lipinski definition) is 1. The van der Waals surface area contributed by atoms with Crippen molar-refractivity contribution in [3.05, 3.63) is 44.5 Å². The molecule has 9 aliphatic carbocycles. The first kappa shape index (κ1) is 26.4. The Labute approximate surface area is 381 Å². The monoisotopic (exact) mass is 865 g/mol. The van der Waals surface area contributed by atoms with Crippen LogP contribution >= 0.6 is 0 Å². The number of nitrogens with zero attached hydrogens (tertiary/aromatic N) is 1. The van der Waals surface area contributed by atoms with Crippen molar-refractivity contribution in [2.75, 3.05) is 6.61 Å². The molecule has 4 heteroatoms. The number of benzene rings is 16. The highest BCUT2D eigenvalue weighted by Gasteiger charge is 2.71. The lowest BCUT2D eigenvalue weighted by molar-refractivity contribution is -0.142. The molecular formula is C66H11NO3. The van der Waals surface area contributed by atoms with Crippen LogP contribution in [0.5, 0.6) is 0 Å². The van der Waals surface area contributed by atoms with Gasteiger partial charge in [0.15, 0.2) is 0 Å². The highest BCUT2D eigenvalue weighted by atomic mass is 16.6. The molecule has 70 heavy (non-hydrogen) atoms. The lowest BCUT2D eigenvalue weighted by atomic mass is 9.43. The third kappa shape index (κ3) is 1.41. The van der Waals surface area contributed by atoms with Gasteiger partial charge >= 0.3 is 5.97 Å². The van der Waals surface area contributed by atoms with E-state index >= 15 is 0 Å². The molecule has 4 atom stereocenters. The Bertz CT molecular complexity index is 7230. The maximum atomic E-state index is 12.1. The van der Waals surface area contributed by atoms with Crippen LogP contribution in [0.3, 0.4) is 0 Å². The topological polar surface area (TPSA) is 58.9 Å². The molecule has 0 aromatic heterocycles. The maximum Gasteiger partial charge on any atom is 0.344 e. The Morgan fingerprint density at radius 2 is 0.586 bits per heavy atom. The van der Waals surface area contributed by atoms with Crippen LogP contribution in [-0.4, -0.2) is 23.4 Å². The summed E-state index contributed by atoms with van der Waals surface area (Å²) in [6, 6.07) is 0. The van der Waals surface area contributed by atoms with Crippen LogP contribution < -0.4 is 0 Å². The fourth-order valence-corrected chi connectivity index (χ4v) is 25.9. The fourth-order valence-electron chi connectivity index (χ4n) is 25.9. The quantitative estimate of drug-likeness (QED) is 0.142. The summed E-state index contributed by atoms with van der Waals surface area (Å²) < 4.78 is 0. The van der Waals surface area contributed by atoms with Crippen molar-refractivity contribution in [1.29, 1.82) is 0 Å². The molecule has 0 heterocycles. The second kappa shape index (κ2) is 6.00. The van der Waals surface area contributed by atoms with Gasteiger partial charge in [0, 0.05) is 29.1 Å². The fraction of sp³-hybridized carbons (Fsp3) is 0.121. The molecule has 0 bridgehead atoms. The Kier molecular flexibility index (Phi) is 2.27. The molecule has 1 N–H and O–H groups in total. The SMILES string of the molecule is O=C(O)CO/N=C1\CCC23c4c5c6c7c8c9c%10c%11c%12c%13c%14c%15c%16c%17c%18c(c9c6c6c%18c9c%17c%17c%15c%15c%18c%14c%14c%12c%12c%11c8c(c8c%11c2c2c4c4c(c56)c9c5c4c4c2c2c%11c(c8%12)c%14c%18c2c4c%15c%175)C73C1)C%10C%13%16. The first-order valence-corrected chi connectivity index (χ1v) is 26.1. The van der Waals surface area contributed by atoms with E-state index in [1.165, 1.54) is 0 Å². The van der Waals surface area contributed by atoms with Crippen LogP contribution in [0.1, 0.15) is 75.6 Å². The number of oxime groups is 1. The zero-order valence-electron chi connectivity index (χ0n) is 35.7. The molecule has 0 aliphatic heterocycles. The van der Waals surface area contributed by atoms with E-state index in [1.807, 2.05) is 0 Å². The summed E-state index contributed by atoms with van der Waals surface area (Å²) in [6.07, 6.45) is 2.56. The number of carbonyl (C=O) groups is 1. The van der Waals surface area contributed by atoms with Gasteiger partial charge in [-0.15, -0.1) is 0 Å². The molecule has 24 aromatic rings. The third-order valence-corrected chi connectivity index (χ3v) is 25.8. The van der Waals surface area contributed by atoms with Crippen molar-refractivity contribution < 1.29 is 14.7 Å². The molecule has 4 nitrogen and oxygen atoms in total. The van der Waals surface area contributed by atoms with Crippen LogP contribution in [0, 0.1) is 0 Å². The molecule has 0 amide bonds. The van der Waals surface area contributed by atoms with E-state index in [0.29, 0.717) is 11.8 Å². The Balaban J connectivity index is 1.14. The second-order valence-corrected chi connectivity index (χ2v) is 25.9. The van der Waals surface area contributed by atoms with Crippen LogP contribution in [0.15, 0.2) is 5.16 Å². The van der Waals surface area contributed by atoms with E-state index in [9.17, 15) is 9.90 Å². The van der Waals surface area contributed by atoms with Gasteiger partial charge in [-0.25, -0.2) is 4.79 Å². The molecule has 2 spiro atoms. The number of carboxylic acids is 1. The minimum Gasteiger partial charge on any atom is -0.479 e. The molecule has 298 valence electrons. The van der Waals surface area contributed by atoms with Crippen molar-refractivity contribution in [2.24, 2.45) is 5.16 Å². The molecule has 0 saturated heterocycles. The molecule has 0 radical (unpaired) electrons. The average molecular weight is 866 g/mol. The highest BCUT2D eigenvalue weighted by Crippen LogP contribution is 2.87. The second-order valence-electron chi connectivity index (χ2n) is 25.9. The van der Waals surface area contributed by atoms with E-state index in [0.717, 1.165) is 25.0 Å². The van der Waals surface area contributed by atoms with Crippen molar-refractivity contribution in [3.63, 3.8) is 0 Å². The largest absolute Gasteiger partial charge is 0.479 e. The van der Waals surface area contributed by atoms with Gasteiger partial charge in [0.2, 0.25) is 6.61 Å². The molecular weight excluding hydrogens is 855 g/mol. The summed E-state index contributed by atoms with van der Waals surface area (Å²) in [4.78, 5) is 18.0. The van der Waals surface area contributed by atoms with Gasteiger partial charge < -0.3 is 9.94 Å². The number of hydrogen-bond acceptors (Lipinski definition) is 3. The Hall–Kier alpha value is -8.34. The first-order valence-electron chi connectivity index (χ1n) is 26.1. The molecule has 33 rings (SSSR count). The van der Waals surface area contributed by atoms with Gasteiger partial charge in [-0.3, -0.25) is 0 Å². The zero-order chi connectivity index (χ0) is 41.9. The van der Waals surface area contributed by atoms with E-state index in [1.54, 1.807) is 303 Å². The van der Waals surface area contributed by atoms with E-state index in [4.69, 9.17) is 9.99 Å². The van der Waals surface area contributed by atoms with Gasteiger partial charge in [0.05, 0.1) is 5.71 Å². The molecule has 1 saturated carbocycles. The van der Waals surface area contributed by atoms with Gasteiger partial charge in [0.1, 0.15) is 0 Å². The van der Waals surface area contributed by atoms with Crippen LogP contribution in [0.4, 0.5) is 0 Å². The van der Waals surface area contributed by atoms with E-state index < -0.39 is 18.0 Å². The van der Waals surface area contributed by atoms with Crippen molar-refractivity contribution in [1.82, 2.24) is 0 Å². The first-order chi connectivity index (χ1) is 34.7. The van der Waals surface area contributed by atoms with Crippen LogP contribution in [0.25, 0.3) is 259 Å². The lowest BCUT2D eigenvalue weighted by Crippen LogP contribution is -2.55. The van der Waals surface area contributed by atoms with Crippen molar-refractivity contribution in [2.45, 2.75) is 41.9 Å². The maximum absolute atomic E-state index is 12.1. The summed E-state index contributed by atoms with van der Waals surface area (Å²) in [5.74, 6) is -0.297. The summed E-state index contributed by atoms with van der Waals surface area (Å²) in [6.45, 7) is -0.405. The lowest BCUT2D eigenvalue weighted by Gasteiger charge is -2.57. The number of rotatable bonds is 3. The summed E-state index contributed by atoms with van der Waals surface area (Å²) in [7, 11) is 0. The van der Waals surface area contributed by atoms with E-state index in [2.05, 4.69) is 0 Å². The normalized spacial score (nSPS) is 25.9. The predicted octanol–water partition coefficient (Wildman–Crippen LogP) is 16.2. The number of carboxylic acid groups (broad SMARTS) is 1. The molecule has 9 aliphatic rings. The van der Waals surface area contributed by atoms with Gasteiger partial charge in [-0.05, 0) is 316 Å². The third-order valence-electron chi connectivity index (χ3n) is 25.8. The van der Waals surface area contributed by atoms with E-state index in [-0.39, 0.29) is 5.41 Å². The Morgan fingerprint density at radius 1 is 0.357 bits per heavy atom. The predicted molar refractivity (Wildman–Crippen MR) is 284 cm³/mol. The van der Waals surface area contributed by atoms with Crippen molar-refractivity contribution >= 4 is 270 Å². The minimum atomic E-state index is -0.963. The molecule has 1 fully saturated rings. The van der Waals surface area contributed by atoms with Gasteiger partial charge in [-0.1, -0.05) is 5.16 Å². The molecule has 4 unspecified atom stereocenters. The standard InChI is InChI=1S/C66H11NO3/c68-6(69)4-70-67-5-1-2-65-61-53-45-35-25-17-9-7-8-11-15-13(9)21-29-23(15)33-27-19(11)20-12(8)16-14-10(7)18(17)26-32-22(14)30-24(16)34-28(20)38-37(27)47-41(33)51-43(29)49(39(45)31(21)25)55(61)57(51)63-59(47)60-48(38)42(34)52-44(30)50-40(32)46(36(26)35)54(53)62(65)56(50)58(52)64(60)66(63,65)3-5/h19,27H,1-4H2,(H,68,69)/b67-5+. The van der Waals surface area contributed by atoms with Gasteiger partial charge in [0.25, 0.3) is 0 Å².